The molecule has 0 aromatic carbocycles. The Morgan fingerprint density at radius 2 is 1.75 bits per heavy atom. The number of hydrogen-bond donors (Lipinski definition) is 0. The van der Waals surface area contributed by atoms with Gasteiger partial charge in [0, 0.05) is 16.8 Å². The van der Waals surface area contributed by atoms with Crippen LogP contribution in [0.2, 0.25) is 0 Å². The van der Waals surface area contributed by atoms with E-state index in [2.05, 4.69) is 40.9 Å². The second kappa shape index (κ2) is 8.85. The van der Waals surface area contributed by atoms with E-state index in [9.17, 15) is 0 Å². The Kier molecular flexibility index (Phi) is 20.6. The summed E-state index contributed by atoms with van der Waals surface area (Å²) in [4.78, 5) is 0. The molecule has 0 fully saturated rings. The summed E-state index contributed by atoms with van der Waals surface area (Å²) in [6.45, 7) is 0. The molecule has 0 rings (SSSR count). The van der Waals surface area contributed by atoms with Gasteiger partial charge in [0.2, 0.25) is 0 Å². The van der Waals surface area contributed by atoms with E-state index >= 15 is 0 Å². The first-order chi connectivity index (χ1) is 1.41. The van der Waals surface area contributed by atoms with Crippen LogP contribution in [0.15, 0.2) is 0 Å². The number of halogens is 1. The molecule has 0 aromatic rings. The summed E-state index contributed by atoms with van der Waals surface area (Å²) < 4.78 is 1.15. The third-order valence-electron chi connectivity index (χ3n) is 0. The maximum atomic E-state index is 2.49. The Morgan fingerprint density at radius 3 is 1.75 bits per heavy atom. The molecule has 0 saturated heterocycles. The first-order valence-electron chi connectivity index (χ1n) is 0.517. The third-order valence-corrected chi connectivity index (χ3v) is 0. The van der Waals surface area contributed by atoms with Gasteiger partial charge < -0.3 is 0 Å². The second-order valence-electron chi connectivity index (χ2n) is 0.0945. The van der Waals surface area contributed by atoms with Crippen LogP contribution in [-0.4, -0.2) is 3.02 Å². The van der Waals surface area contributed by atoms with E-state index in [0.717, 1.165) is 3.02 Å². The zero-order valence-corrected chi connectivity index (χ0v) is 6.71. The molecule has 1 radical (unpaired) electrons. The van der Waals surface area contributed by atoms with Crippen LogP contribution in [-0.2, 0) is 35.1 Å². The third kappa shape index (κ3) is 9.13. The van der Waals surface area contributed by atoms with E-state index in [0.29, 0.717) is 0 Å². The molecule has 0 atom stereocenters. The normalized spacial score (nSPS) is 4.50. The average Bonchev–Trinajstić information content (AvgIpc) is 0.918. The maximum absolute atomic E-state index is 2.49. The summed E-state index contributed by atoms with van der Waals surface area (Å²) >= 11 is 4.75. The van der Waals surface area contributed by atoms with Gasteiger partial charge in [0.05, 0.1) is 0 Å². The van der Waals surface area contributed by atoms with Crippen molar-refractivity contribution in [2.24, 2.45) is 0 Å². The zero-order chi connectivity index (χ0) is 2.71. The van der Waals surface area contributed by atoms with Crippen LogP contribution >= 0.6 is 22.6 Å². The molecule has 0 aliphatic rings. The molecule has 0 aromatic heterocycles. The van der Waals surface area contributed by atoms with Gasteiger partial charge in [0.25, 0.3) is 0 Å². The Balaban J connectivity index is 0. The molecule has 0 aliphatic carbocycles. The molecule has 4 heavy (non-hydrogen) atoms. The van der Waals surface area contributed by atoms with Gasteiger partial charge in [-0.15, -0.1) is 0 Å². The van der Waals surface area contributed by atoms with Gasteiger partial charge in [-0.2, -0.15) is 0 Å². The SMILES string of the molecule is [Co].[Ru][CH2]I. The fourth-order valence-electron chi connectivity index (χ4n) is 0. The molecular weight excluding hydrogens is 299 g/mol. The topological polar surface area (TPSA) is 0 Å². The van der Waals surface area contributed by atoms with E-state index in [1.807, 2.05) is 0 Å². The van der Waals surface area contributed by atoms with E-state index in [1.165, 1.54) is 0 Å². The van der Waals surface area contributed by atoms with Gasteiger partial charge in [-0.25, -0.2) is 0 Å². The average molecular weight is 301 g/mol. The predicted molar refractivity (Wildman–Crippen MR) is 18.9 cm³/mol. The molecule has 30 valence electrons. The minimum atomic E-state index is 0. The van der Waals surface area contributed by atoms with E-state index in [1.54, 1.807) is 0 Å². The molecule has 0 nitrogen and oxygen atoms in total. The van der Waals surface area contributed by atoms with Gasteiger partial charge >= 0.3 is 43.9 Å². The van der Waals surface area contributed by atoms with Crippen molar-refractivity contribution in [1.29, 1.82) is 0 Å². The van der Waals surface area contributed by atoms with Crippen molar-refractivity contribution in [3.05, 3.63) is 0 Å². The van der Waals surface area contributed by atoms with Crippen molar-refractivity contribution < 1.29 is 35.1 Å². The first-order valence-corrected chi connectivity index (χ1v) is 3.27. The molecule has 0 N–H and O–H groups in total. The van der Waals surface area contributed by atoms with Gasteiger partial charge in [-0.1, -0.05) is 0 Å². The number of rotatable bonds is 0. The monoisotopic (exact) mass is 302 g/mol. The number of alkyl halides is 1. The molecule has 0 aliphatic heterocycles. The summed E-state index contributed by atoms with van der Waals surface area (Å²) in [6, 6.07) is 0. The molecule has 0 heterocycles. The van der Waals surface area contributed by atoms with Crippen molar-refractivity contribution in [3.8, 4) is 0 Å². The van der Waals surface area contributed by atoms with E-state index in [4.69, 9.17) is 0 Å². The molecular formula is CH2CoIRu. The summed E-state index contributed by atoms with van der Waals surface area (Å²) in [5.41, 5.74) is 0. The molecule has 0 amide bonds. The van der Waals surface area contributed by atoms with Crippen LogP contribution in [0.3, 0.4) is 0 Å². The standard InChI is InChI=1S/CH2I.Co.Ru/c1-2;;/h1H2;;. The van der Waals surface area contributed by atoms with Gasteiger partial charge in [-0.3, -0.25) is 0 Å². The number of hydrogen-bond acceptors (Lipinski definition) is 0. The summed E-state index contributed by atoms with van der Waals surface area (Å²) in [6.07, 6.45) is 0. The Labute approximate surface area is 60.1 Å². The van der Waals surface area contributed by atoms with E-state index in [-0.39, 0.29) is 16.8 Å². The molecule has 3 heteroatoms. The van der Waals surface area contributed by atoms with Gasteiger partial charge in [-0.05, 0) is 0 Å². The predicted octanol–water partition coefficient (Wildman–Crippen LogP) is 0.923. The summed E-state index contributed by atoms with van der Waals surface area (Å²) in [5.74, 6) is 0. The van der Waals surface area contributed by atoms with Crippen LogP contribution in [0.5, 0.6) is 0 Å². The summed E-state index contributed by atoms with van der Waals surface area (Å²) in [5, 5.41) is 0. The second-order valence-corrected chi connectivity index (χ2v) is 3.75. The van der Waals surface area contributed by atoms with Crippen molar-refractivity contribution >= 4 is 22.6 Å². The van der Waals surface area contributed by atoms with Crippen LogP contribution in [0.4, 0.5) is 0 Å². The van der Waals surface area contributed by atoms with Gasteiger partial charge in [0.1, 0.15) is 0 Å². The molecule has 0 saturated carbocycles. The molecule has 0 bridgehead atoms. The summed E-state index contributed by atoms with van der Waals surface area (Å²) in [7, 11) is 0. The fraction of sp³-hybridized carbons (Fsp3) is 1.00. The molecule has 0 unspecified atom stereocenters. The van der Waals surface area contributed by atoms with Crippen molar-refractivity contribution in [1.82, 2.24) is 0 Å². The van der Waals surface area contributed by atoms with Crippen LogP contribution in [0.1, 0.15) is 0 Å². The van der Waals surface area contributed by atoms with Crippen LogP contribution in [0, 0.1) is 0 Å². The van der Waals surface area contributed by atoms with Crippen molar-refractivity contribution in [2.75, 3.05) is 3.02 Å². The Hall–Kier alpha value is 1.86. The zero-order valence-electron chi connectivity index (χ0n) is 1.77. The Bertz CT molecular complexity index is 8.00. The Morgan fingerprint density at radius 1 is 1.75 bits per heavy atom. The van der Waals surface area contributed by atoms with Gasteiger partial charge in [0.15, 0.2) is 0 Å². The van der Waals surface area contributed by atoms with Crippen LogP contribution in [0.25, 0.3) is 0 Å². The quantitative estimate of drug-likeness (QED) is 0.355. The van der Waals surface area contributed by atoms with E-state index < -0.39 is 0 Å². The fourth-order valence-corrected chi connectivity index (χ4v) is 0. The molecule has 0 spiro atoms. The van der Waals surface area contributed by atoms with Crippen molar-refractivity contribution in [3.63, 3.8) is 0 Å². The van der Waals surface area contributed by atoms with Crippen LogP contribution < -0.4 is 0 Å². The van der Waals surface area contributed by atoms with Crippen molar-refractivity contribution in [2.45, 2.75) is 0 Å². The minimum absolute atomic E-state index is 0. The first kappa shape index (κ1) is 9.29.